The fourth-order valence-electron chi connectivity index (χ4n) is 3.11. The minimum atomic E-state index is 0.654. The zero-order chi connectivity index (χ0) is 14.2. The van der Waals surface area contributed by atoms with Gasteiger partial charge in [0.25, 0.3) is 0 Å². The van der Waals surface area contributed by atoms with Crippen molar-refractivity contribution in [1.82, 2.24) is 0 Å². The largest absolute Gasteiger partial charge is 0.384 e. The summed E-state index contributed by atoms with van der Waals surface area (Å²) in [5, 5.41) is 6.13. The van der Waals surface area contributed by atoms with Crippen LogP contribution < -0.4 is 5.32 Å². The predicted octanol–water partition coefficient (Wildman–Crippen LogP) is 5.35. The Morgan fingerprint density at radius 1 is 0.952 bits per heavy atom. The molecule has 1 aliphatic carbocycles. The van der Waals surface area contributed by atoms with E-state index in [9.17, 15) is 0 Å². The molecule has 2 heteroatoms. The van der Waals surface area contributed by atoms with Gasteiger partial charge in [-0.2, -0.15) is 0 Å². The molecule has 0 aliphatic heterocycles. The van der Waals surface area contributed by atoms with Crippen molar-refractivity contribution in [3.8, 4) is 0 Å². The molecule has 0 bridgehead atoms. The molecule has 104 valence electrons. The molecule has 1 aliphatic rings. The monoisotopic (exact) mass is 337 g/mol. The van der Waals surface area contributed by atoms with Crippen LogP contribution in [0.15, 0.2) is 65.1 Å². The Morgan fingerprint density at radius 3 is 2.67 bits per heavy atom. The van der Waals surface area contributed by atoms with Crippen molar-refractivity contribution in [3.05, 3.63) is 76.3 Å². The van der Waals surface area contributed by atoms with Gasteiger partial charge in [-0.3, -0.25) is 0 Å². The Kier molecular flexibility index (Phi) is 3.19. The number of rotatable bonds is 3. The zero-order valence-corrected chi connectivity index (χ0v) is 13.2. The first-order chi connectivity index (χ1) is 10.3. The SMILES string of the molecule is Brc1ccc2cc(NCC3Cc4ccccc43)ccc2c1. The first kappa shape index (κ1) is 12.9. The molecule has 1 nitrogen and oxygen atoms in total. The average Bonchev–Trinajstić information content (AvgIpc) is 2.48. The van der Waals surface area contributed by atoms with E-state index in [2.05, 4.69) is 81.9 Å². The van der Waals surface area contributed by atoms with Crippen molar-refractivity contribution in [2.45, 2.75) is 12.3 Å². The number of anilines is 1. The molecule has 3 aromatic carbocycles. The van der Waals surface area contributed by atoms with Gasteiger partial charge in [0.05, 0.1) is 0 Å². The van der Waals surface area contributed by atoms with Crippen LogP contribution in [-0.4, -0.2) is 6.54 Å². The molecule has 0 heterocycles. The van der Waals surface area contributed by atoms with E-state index < -0.39 is 0 Å². The Labute approximate surface area is 133 Å². The number of nitrogens with one attached hydrogen (secondary N) is 1. The molecule has 0 saturated carbocycles. The molecule has 1 atom stereocenters. The smallest absolute Gasteiger partial charge is 0.0346 e. The third kappa shape index (κ3) is 2.44. The highest BCUT2D eigenvalue weighted by atomic mass is 79.9. The second-order valence-corrected chi connectivity index (χ2v) is 6.60. The number of halogens is 1. The maximum atomic E-state index is 3.58. The Bertz CT molecular complexity index is 810. The van der Waals surface area contributed by atoms with Gasteiger partial charge >= 0.3 is 0 Å². The van der Waals surface area contributed by atoms with Gasteiger partial charge in [-0.15, -0.1) is 0 Å². The second kappa shape index (κ2) is 5.19. The van der Waals surface area contributed by atoms with E-state index in [0.717, 1.165) is 11.0 Å². The third-order valence-corrected chi connectivity index (χ3v) is 4.81. The van der Waals surface area contributed by atoms with E-state index in [1.807, 2.05) is 0 Å². The van der Waals surface area contributed by atoms with Gasteiger partial charge in [0.2, 0.25) is 0 Å². The predicted molar refractivity (Wildman–Crippen MR) is 93.0 cm³/mol. The van der Waals surface area contributed by atoms with Gasteiger partial charge in [-0.25, -0.2) is 0 Å². The van der Waals surface area contributed by atoms with Gasteiger partial charge in [-0.1, -0.05) is 52.3 Å². The highest BCUT2D eigenvalue weighted by molar-refractivity contribution is 9.10. The molecular weight excluding hydrogens is 322 g/mol. The van der Waals surface area contributed by atoms with Crippen LogP contribution in [0.2, 0.25) is 0 Å². The maximum absolute atomic E-state index is 3.58. The second-order valence-electron chi connectivity index (χ2n) is 5.69. The summed E-state index contributed by atoms with van der Waals surface area (Å²) in [6.45, 7) is 1.01. The molecule has 1 unspecified atom stereocenters. The Morgan fingerprint density at radius 2 is 1.76 bits per heavy atom. The lowest BCUT2D eigenvalue weighted by Gasteiger charge is -2.30. The van der Waals surface area contributed by atoms with Crippen LogP contribution in [0, 0.1) is 0 Å². The first-order valence-electron chi connectivity index (χ1n) is 7.30. The number of hydrogen-bond acceptors (Lipinski definition) is 1. The van der Waals surface area contributed by atoms with Crippen LogP contribution in [0.1, 0.15) is 17.0 Å². The van der Waals surface area contributed by atoms with Crippen molar-refractivity contribution in [2.75, 3.05) is 11.9 Å². The molecule has 3 aromatic rings. The van der Waals surface area contributed by atoms with Gasteiger partial charge < -0.3 is 5.32 Å². The van der Waals surface area contributed by atoms with E-state index in [-0.39, 0.29) is 0 Å². The summed E-state index contributed by atoms with van der Waals surface area (Å²) < 4.78 is 1.13. The van der Waals surface area contributed by atoms with Crippen LogP contribution in [0.3, 0.4) is 0 Å². The van der Waals surface area contributed by atoms with E-state index in [0.29, 0.717) is 5.92 Å². The van der Waals surface area contributed by atoms with E-state index in [1.165, 1.54) is 34.0 Å². The number of benzene rings is 3. The van der Waals surface area contributed by atoms with Crippen molar-refractivity contribution in [3.63, 3.8) is 0 Å². The van der Waals surface area contributed by atoms with Crippen molar-refractivity contribution >= 4 is 32.4 Å². The average molecular weight is 338 g/mol. The minimum absolute atomic E-state index is 0.654. The third-order valence-electron chi connectivity index (χ3n) is 4.32. The lowest BCUT2D eigenvalue weighted by Crippen LogP contribution is -2.24. The zero-order valence-electron chi connectivity index (χ0n) is 11.6. The quantitative estimate of drug-likeness (QED) is 0.678. The molecule has 4 rings (SSSR count). The number of hydrogen-bond donors (Lipinski definition) is 1. The standard InChI is InChI=1S/C19H16BrN/c20-17-7-5-14-11-18(8-6-13(14)10-17)21-12-16-9-15-3-1-2-4-19(15)16/h1-8,10-11,16,21H,9,12H2. The minimum Gasteiger partial charge on any atom is -0.384 e. The van der Waals surface area contributed by atoms with E-state index in [4.69, 9.17) is 0 Å². The fourth-order valence-corrected chi connectivity index (χ4v) is 3.49. The van der Waals surface area contributed by atoms with Crippen molar-refractivity contribution in [1.29, 1.82) is 0 Å². The molecule has 0 aromatic heterocycles. The molecule has 0 saturated heterocycles. The van der Waals surface area contributed by atoms with Crippen LogP contribution in [-0.2, 0) is 6.42 Å². The van der Waals surface area contributed by atoms with E-state index >= 15 is 0 Å². The molecule has 0 fully saturated rings. The molecule has 21 heavy (non-hydrogen) atoms. The lowest BCUT2D eigenvalue weighted by molar-refractivity contribution is 0.636. The Balaban J connectivity index is 1.50. The van der Waals surface area contributed by atoms with Crippen molar-refractivity contribution in [2.24, 2.45) is 0 Å². The lowest BCUT2D eigenvalue weighted by atomic mass is 9.77. The first-order valence-corrected chi connectivity index (χ1v) is 8.10. The molecule has 0 amide bonds. The summed E-state index contributed by atoms with van der Waals surface area (Å²) in [5.41, 5.74) is 4.22. The molecule has 1 N–H and O–H groups in total. The highest BCUT2D eigenvalue weighted by Crippen LogP contribution is 2.35. The van der Waals surface area contributed by atoms with Gasteiger partial charge in [0, 0.05) is 22.6 Å². The van der Waals surface area contributed by atoms with Crippen LogP contribution >= 0.6 is 15.9 Å². The topological polar surface area (TPSA) is 12.0 Å². The van der Waals surface area contributed by atoms with Gasteiger partial charge in [0.15, 0.2) is 0 Å². The molecular formula is C19H16BrN. The normalized spacial score (nSPS) is 16.3. The van der Waals surface area contributed by atoms with Crippen LogP contribution in [0.4, 0.5) is 5.69 Å². The van der Waals surface area contributed by atoms with Gasteiger partial charge in [0.1, 0.15) is 0 Å². The maximum Gasteiger partial charge on any atom is 0.0346 e. The highest BCUT2D eigenvalue weighted by Gasteiger charge is 2.24. The summed E-state index contributed by atoms with van der Waals surface area (Å²) in [5.74, 6) is 0.654. The summed E-state index contributed by atoms with van der Waals surface area (Å²) >= 11 is 3.52. The van der Waals surface area contributed by atoms with Crippen LogP contribution in [0.5, 0.6) is 0 Å². The fraction of sp³-hybridized carbons (Fsp3) is 0.158. The summed E-state index contributed by atoms with van der Waals surface area (Å²) in [7, 11) is 0. The van der Waals surface area contributed by atoms with E-state index in [1.54, 1.807) is 0 Å². The van der Waals surface area contributed by atoms with Gasteiger partial charge in [-0.05, 0) is 52.6 Å². The summed E-state index contributed by atoms with van der Waals surface area (Å²) in [6.07, 6.45) is 1.20. The Hall–Kier alpha value is -1.80. The molecule has 0 spiro atoms. The molecule has 0 radical (unpaired) electrons. The summed E-state index contributed by atoms with van der Waals surface area (Å²) in [6, 6.07) is 21.7. The van der Waals surface area contributed by atoms with Crippen molar-refractivity contribution < 1.29 is 0 Å². The summed E-state index contributed by atoms with van der Waals surface area (Å²) in [4.78, 5) is 0. The van der Waals surface area contributed by atoms with Crippen LogP contribution in [0.25, 0.3) is 10.8 Å². The number of fused-ring (bicyclic) bond motifs is 2.